The minimum Gasteiger partial charge on any atom is -0.493 e. The maximum atomic E-state index is 5.81. The summed E-state index contributed by atoms with van der Waals surface area (Å²) < 4.78 is 6.89. The number of hydrogen-bond donors (Lipinski definition) is 0. The van der Waals surface area contributed by atoms with Crippen molar-refractivity contribution >= 4 is 43.2 Å². The third-order valence-electron chi connectivity index (χ3n) is 2.39. The molecule has 1 nitrogen and oxygen atoms in total. The van der Waals surface area contributed by atoms with Crippen molar-refractivity contribution in [3.8, 4) is 5.75 Å². The number of halogens is 2. The van der Waals surface area contributed by atoms with Gasteiger partial charge < -0.3 is 4.74 Å². The van der Waals surface area contributed by atoms with E-state index in [1.807, 2.05) is 12.1 Å². The second-order valence-corrected chi connectivity index (χ2v) is 5.87. The second kappa shape index (κ2) is 6.57. The van der Waals surface area contributed by atoms with Crippen LogP contribution in [0.15, 0.2) is 39.5 Å². The first kappa shape index (κ1) is 13.1. The molecule has 1 aromatic carbocycles. The lowest BCUT2D eigenvalue weighted by atomic mass is 10.2. The quantitative estimate of drug-likeness (QED) is 0.666. The van der Waals surface area contributed by atoms with Gasteiger partial charge >= 0.3 is 0 Å². The van der Waals surface area contributed by atoms with Crippen LogP contribution in [0.5, 0.6) is 5.75 Å². The average Bonchev–Trinajstić information content (AvgIpc) is 2.84. The summed E-state index contributed by atoms with van der Waals surface area (Å²) in [6.07, 6.45) is 0.960. The molecule has 0 amide bonds. The van der Waals surface area contributed by atoms with Crippen molar-refractivity contribution < 1.29 is 4.74 Å². The Labute approximate surface area is 122 Å². The van der Waals surface area contributed by atoms with E-state index in [-0.39, 0.29) is 0 Å². The third-order valence-corrected chi connectivity index (χ3v) is 4.22. The summed E-state index contributed by atoms with van der Waals surface area (Å²) in [5.74, 6) is 0.959. The fourth-order valence-electron chi connectivity index (χ4n) is 1.51. The Bertz CT molecular complexity index is 468. The van der Waals surface area contributed by atoms with Gasteiger partial charge in [-0.05, 0) is 40.6 Å². The minimum absolute atomic E-state index is 0.721. The molecule has 0 aliphatic heterocycles. The minimum atomic E-state index is 0.721. The summed E-state index contributed by atoms with van der Waals surface area (Å²) in [5, 5.41) is 5.06. The highest BCUT2D eigenvalue weighted by atomic mass is 79.9. The molecule has 0 aliphatic carbocycles. The summed E-state index contributed by atoms with van der Waals surface area (Å²) in [7, 11) is 0. The molecule has 1 aromatic heterocycles. The third kappa shape index (κ3) is 3.83. The molecule has 17 heavy (non-hydrogen) atoms. The van der Waals surface area contributed by atoms with Crippen LogP contribution < -0.4 is 4.74 Å². The maximum Gasteiger partial charge on any atom is 0.123 e. The van der Waals surface area contributed by atoms with E-state index in [1.165, 1.54) is 11.1 Å². The lowest BCUT2D eigenvalue weighted by molar-refractivity contribution is 0.319. The van der Waals surface area contributed by atoms with E-state index in [0.29, 0.717) is 0 Å². The smallest absolute Gasteiger partial charge is 0.123 e. The summed E-state index contributed by atoms with van der Waals surface area (Å²) in [5.41, 5.74) is 2.51. The number of thiophene rings is 1. The van der Waals surface area contributed by atoms with Crippen LogP contribution in [0, 0.1) is 0 Å². The first-order chi connectivity index (χ1) is 8.29. The maximum absolute atomic E-state index is 5.81. The number of benzene rings is 1. The zero-order chi connectivity index (χ0) is 12.1. The van der Waals surface area contributed by atoms with E-state index in [0.717, 1.165) is 28.6 Å². The van der Waals surface area contributed by atoms with Gasteiger partial charge in [-0.25, -0.2) is 0 Å². The molecule has 2 aromatic rings. The largest absolute Gasteiger partial charge is 0.493 e. The van der Waals surface area contributed by atoms with Crippen LogP contribution in [-0.4, -0.2) is 6.61 Å². The molecule has 0 saturated heterocycles. The normalized spacial score (nSPS) is 10.5. The van der Waals surface area contributed by atoms with Crippen molar-refractivity contribution in [3.05, 3.63) is 50.6 Å². The van der Waals surface area contributed by atoms with E-state index in [2.05, 4.69) is 54.8 Å². The highest BCUT2D eigenvalue weighted by Gasteiger charge is 2.03. The molecule has 1 heterocycles. The monoisotopic (exact) mass is 374 g/mol. The summed E-state index contributed by atoms with van der Waals surface area (Å²) in [6, 6.07) is 8.23. The topological polar surface area (TPSA) is 9.23 Å². The van der Waals surface area contributed by atoms with Crippen LogP contribution >= 0.6 is 43.2 Å². The van der Waals surface area contributed by atoms with Gasteiger partial charge in [0.25, 0.3) is 0 Å². The van der Waals surface area contributed by atoms with Crippen molar-refractivity contribution in [3.63, 3.8) is 0 Å². The molecule has 4 heteroatoms. The number of alkyl halides is 1. The first-order valence-corrected chi connectivity index (χ1v) is 8.13. The predicted octanol–water partition coefficient (Wildman–Crippen LogP) is 5.03. The van der Waals surface area contributed by atoms with Gasteiger partial charge in [-0.15, -0.1) is 0 Å². The molecule has 90 valence electrons. The Morgan fingerprint density at radius 1 is 1.24 bits per heavy atom. The SMILES string of the molecule is BrCc1cc(Br)ccc1OCCc1ccsc1. The fourth-order valence-corrected chi connectivity index (χ4v) is 3.06. The Kier molecular flexibility index (Phi) is 5.07. The summed E-state index contributed by atoms with van der Waals surface area (Å²) in [6.45, 7) is 0.721. The molecule has 0 atom stereocenters. The average molecular weight is 376 g/mol. The molecule has 0 N–H and O–H groups in total. The van der Waals surface area contributed by atoms with Crippen LogP contribution in [0.25, 0.3) is 0 Å². The van der Waals surface area contributed by atoms with Crippen LogP contribution in [0.2, 0.25) is 0 Å². The molecule has 0 spiro atoms. The zero-order valence-electron chi connectivity index (χ0n) is 9.16. The van der Waals surface area contributed by atoms with E-state index in [9.17, 15) is 0 Å². The van der Waals surface area contributed by atoms with Crippen LogP contribution in [-0.2, 0) is 11.8 Å². The van der Waals surface area contributed by atoms with E-state index >= 15 is 0 Å². The Morgan fingerprint density at radius 2 is 2.12 bits per heavy atom. The van der Waals surface area contributed by atoms with Crippen LogP contribution in [0.3, 0.4) is 0 Å². The Morgan fingerprint density at radius 3 is 2.82 bits per heavy atom. The molecule has 0 radical (unpaired) electrons. The van der Waals surface area contributed by atoms with E-state index in [4.69, 9.17) is 4.74 Å². The van der Waals surface area contributed by atoms with Crippen molar-refractivity contribution in [2.45, 2.75) is 11.8 Å². The summed E-state index contributed by atoms with van der Waals surface area (Å²) >= 11 is 8.66. The van der Waals surface area contributed by atoms with Gasteiger partial charge in [0.2, 0.25) is 0 Å². The standard InChI is InChI=1S/C13H12Br2OS/c14-8-11-7-12(15)1-2-13(11)16-5-3-10-4-6-17-9-10/h1-2,4,6-7,9H,3,5,8H2. The van der Waals surface area contributed by atoms with Crippen molar-refractivity contribution in [2.75, 3.05) is 6.61 Å². The lowest BCUT2D eigenvalue weighted by Gasteiger charge is -2.10. The fraction of sp³-hybridized carbons (Fsp3) is 0.231. The number of rotatable bonds is 5. The second-order valence-electron chi connectivity index (χ2n) is 3.62. The van der Waals surface area contributed by atoms with Gasteiger partial charge in [0.05, 0.1) is 6.61 Å². The Balaban J connectivity index is 1.94. The molecule has 0 fully saturated rings. The summed E-state index contributed by atoms with van der Waals surface area (Å²) in [4.78, 5) is 0. The van der Waals surface area contributed by atoms with E-state index < -0.39 is 0 Å². The van der Waals surface area contributed by atoms with Crippen molar-refractivity contribution in [2.24, 2.45) is 0 Å². The van der Waals surface area contributed by atoms with Gasteiger partial charge in [0.1, 0.15) is 5.75 Å². The lowest BCUT2D eigenvalue weighted by Crippen LogP contribution is -2.02. The molecule has 2 rings (SSSR count). The van der Waals surface area contributed by atoms with Crippen LogP contribution in [0.1, 0.15) is 11.1 Å². The molecule has 0 saturated carbocycles. The molecule has 0 unspecified atom stereocenters. The molecule has 0 bridgehead atoms. The van der Waals surface area contributed by atoms with Gasteiger partial charge in [-0.3, -0.25) is 0 Å². The van der Waals surface area contributed by atoms with Gasteiger partial charge in [-0.2, -0.15) is 11.3 Å². The molecule has 0 aliphatic rings. The van der Waals surface area contributed by atoms with Crippen molar-refractivity contribution in [1.82, 2.24) is 0 Å². The molecular weight excluding hydrogens is 364 g/mol. The number of ether oxygens (including phenoxy) is 1. The van der Waals surface area contributed by atoms with Crippen molar-refractivity contribution in [1.29, 1.82) is 0 Å². The van der Waals surface area contributed by atoms with E-state index in [1.54, 1.807) is 11.3 Å². The molecular formula is C13H12Br2OS. The zero-order valence-corrected chi connectivity index (χ0v) is 13.1. The highest BCUT2D eigenvalue weighted by molar-refractivity contribution is 9.10. The van der Waals surface area contributed by atoms with Crippen LogP contribution in [0.4, 0.5) is 0 Å². The highest BCUT2D eigenvalue weighted by Crippen LogP contribution is 2.25. The first-order valence-electron chi connectivity index (χ1n) is 5.28. The van der Waals surface area contributed by atoms with Gasteiger partial charge in [0, 0.05) is 21.8 Å². The predicted molar refractivity (Wildman–Crippen MR) is 80.3 cm³/mol. The number of hydrogen-bond acceptors (Lipinski definition) is 2. The Hall–Kier alpha value is -0.320. The van der Waals surface area contributed by atoms with Gasteiger partial charge in [0.15, 0.2) is 0 Å². The van der Waals surface area contributed by atoms with Gasteiger partial charge in [-0.1, -0.05) is 31.9 Å².